The zero-order chi connectivity index (χ0) is 18.4. The summed E-state index contributed by atoms with van der Waals surface area (Å²) in [6, 6.07) is 5.26. The lowest BCUT2D eigenvalue weighted by Crippen LogP contribution is -2.33. The highest BCUT2D eigenvalue weighted by Crippen LogP contribution is 2.27. The van der Waals surface area contributed by atoms with Gasteiger partial charge in [0, 0.05) is 36.7 Å². The topological polar surface area (TPSA) is 87.3 Å². The fourth-order valence-electron chi connectivity index (χ4n) is 3.14. The van der Waals surface area contributed by atoms with Crippen LogP contribution in [0.15, 0.2) is 18.2 Å². The van der Waals surface area contributed by atoms with Gasteiger partial charge in [-0.25, -0.2) is 0 Å². The Bertz CT molecular complexity index is 651. The number of rotatable bonds is 6. The minimum absolute atomic E-state index is 0.0536. The molecule has 6 nitrogen and oxygen atoms in total. The Morgan fingerprint density at radius 1 is 1.16 bits per heavy atom. The Labute approximate surface area is 148 Å². The van der Waals surface area contributed by atoms with Crippen molar-refractivity contribution in [3.8, 4) is 0 Å². The van der Waals surface area contributed by atoms with Gasteiger partial charge in [0.05, 0.1) is 0 Å². The van der Waals surface area contributed by atoms with Crippen molar-refractivity contribution in [3.63, 3.8) is 0 Å². The molecule has 0 heterocycles. The fourth-order valence-corrected chi connectivity index (χ4v) is 3.14. The van der Waals surface area contributed by atoms with E-state index in [1.165, 1.54) is 6.92 Å². The summed E-state index contributed by atoms with van der Waals surface area (Å²) >= 11 is 0. The van der Waals surface area contributed by atoms with E-state index < -0.39 is 0 Å². The van der Waals surface area contributed by atoms with Crippen molar-refractivity contribution >= 4 is 29.1 Å². The standard InChI is InChI=1S/C19H27N3O3/c1-12-8-9-16(21-19(25)15-6-4-5-7-15)11-17(12)22-18(24)10-13(2)20-14(3)23/h8-9,11,13,15H,4-7,10H2,1-3H3,(H,20,23)(H,21,25)(H,22,24). The number of nitrogens with one attached hydrogen (secondary N) is 3. The van der Waals surface area contributed by atoms with Gasteiger partial charge < -0.3 is 16.0 Å². The number of hydrogen-bond acceptors (Lipinski definition) is 3. The Kier molecular flexibility index (Phi) is 6.56. The molecule has 136 valence electrons. The molecule has 0 radical (unpaired) electrons. The molecule has 25 heavy (non-hydrogen) atoms. The van der Waals surface area contributed by atoms with Crippen molar-refractivity contribution in [2.45, 2.75) is 58.9 Å². The number of aryl methyl sites for hydroxylation is 1. The molecule has 1 aliphatic carbocycles. The molecule has 0 aliphatic heterocycles. The van der Waals surface area contributed by atoms with Gasteiger partial charge in [-0.3, -0.25) is 14.4 Å². The van der Waals surface area contributed by atoms with Crippen molar-refractivity contribution in [1.29, 1.82) is 0 Å². The molecule has 0 aromatic heterocycles. The predicted molar refractivity (Wildman–Crippen MR) is 98.3 cm³/mol. The number of amides is 3. The van der Waals surface area contributed by atoms with E-state index in [1.54, 1.807) is 13.0 Å². The van der Waals surface area contributed by atoms with Crippen molar-refractivity contribution in [1.82, 2.24) is 5.32 Å². The first-order valence-electron chi connectivity index (χ1n) is 8.83. The van der Waals surface area contributed by atoms with Crippen LogP contribution >= 0.6 is 0 Å². The Balaban J connectivity index is 1.97. The van der Waals surface area contributed by atoms with E-state index >= 15 is 0 Å². The largest absolute Gasteiger partial charge is 0.353 e. The highest BCUT2D eigenvalue weighted by molar-refractivity contribution is 5.96. The van der Waals surface area contributed by atoms with Crippen molar-refractivity contribution in [3.05, 3.63) is 23.8 Å². The van der Waals surface area contributed by atoms with Gasteiger partial charge in [0.15, 0.2) is 0 Å². The second-order valence-electron chi connectivity index (χ2n) is 6.85. The number of anilines is 2. The predicted octanol–water partition coefficient (Wildman–Crippen LogP) is 2.98. The Morgan fingerprint density at radius 3 is 2.48 bits per heavy atom. The number of benzene rings is 1. The van der Waals surface area contributed by atoms with Gasteiger partial charge in [0.2, 0.25) is 17.7 Å². The number of carbonyl (C=O) groups is 3. The lowest BCUT2D eigenvalue weighted by Gasteiger charge is -2.15. The van der Waals surface area contributed by atoms with E-state index in [0.717, 1.165) is 31.2 Å². The first-order valence-corrected chi connectivity index (χ1v) is 8.83. The molecule has 0 saturated heterocycles. The van der Waals surface area contributed by atoms with Crippen molar-refractivity contribution in [2.24, 2.45) is 5.92 Å². The van der Waals surface area contributed by atoms with E-state index in [1.807, 2.05) is 19.1 Å². The Morgan fingerprint density at radius 2 is 1.84 bits per heavy atom. The minimum Gasteiger partial charge on any atom is -0.353 e. The SMILES string of the molecule is CC(=O)NC(C)CC(=O)Nc1cc(NC(=O)C2CCCC2)ccc1C. The maximum atomic E-state index is 12.2. The maximum Gasteiger partial charge on any atom is 0.227 e. The molecule has 1 fully saturated rings. The van der Waals surface area contributed by atoms with Crippen LogP contribution in [0.25, 0.3) is 0 Å². The third kappa shape index (κ3) is 5.89. The molecule has 3 amide bonds. The molecular weight excluding hydrogens is 318 g/mol. The average Bonchev–Trinajstić information content (AvgIpc) is 3.04. The van der Waals surface area contributed by atoms with E-state index in [0.29, 0.717) is 11.4 Å². The number of carbonyl (C=O) groups excluding carboxylic acids is 3. The van der Waals surface area contributed by atoms with E-state index in [-0.39, 0.29) is 36.1 Å². The molecule has 1 aromatic carbocycles. The highest BCUT2D eigenvalue weighted by Gasteiger charge is 2.22. The molecule has 1 saturated carbocycles. The molecule has 6 heteroatoms. The van der Waals surface area contributed by atoms with Crippen LogP contribution < -0.4 is 16.0 Å². The zero-order valence-corrected chi connectivity index (χ0v) is 15.1. The molecule has 1 aromatic rings. The molecule has 3 N–H and O–H groups in total. The zero-order valence-electron chi connectivity index (χ0n) is 15.1. The van der Waals surface area contributed by atoms with Crippen molar-refractivity contribution < 1.29 is 14.4 Å². The van der Waals surface area contributed by atoms with Crippen LogP contribution in [0.2, 0.25) is 0 Å². The van der Waals surface area contributed by atoms with Crippen LogP contribution in [0.1, 0.15) is 51.5 Å². The average molecular weight is 345 g/mol. The summed E-state index contributed by atoms with van der Waals surface area (Å²) in [5.41, 5.74) is 2.27. The van der Waals surface area contributed by atoms with Gasteiger partial charge in [-0.1, -0.05) is 18.9 Å². The van der Waals surface area contributed by atoms with Gasteiger partial charge in [-0.15, -0.1) is 0 Å². The summed E-state index contributed by atoms with van der Waals surface area (Å²) in [6.07, 6.45) is 4.31. The van der Waals surface area contributed by atoms with Gasteiger partial charge in [0.1, 0.15) is 0 Å². The molecular formula is C19H27N3O3. The quantitative estimate of drug-likeness (QED) is 0.741. The first kappa shape index (κ1) is 19.0. The smallest absolute Gasteiger partial charge is 0.227 e. The summed E-state index contributed by atoms with van der Waals surface area (Å²) < 4.78 is 0. The molecule has 1 atom stereocenters. The molecule has 0 bridgehead atoms. The van der Waals surface area contributed by atoms with Crippen LogP contribution in [0.5, 0.6) is 0 Å². The van der Waals surface area contributed by atoms with Gasteiger partial charge >= 0.3 is 0 Å². The summed E-state index contributed by atoms with van der Waals surface area (Å²) in [4.78, 5) is 35.4. The maximum absolute atomic E-state index is 12.2. The summed E-state index contributed by atoms with van der Waals surface area (Å²) in [6.45, 7) is 5.11. The minimum atomic E-state index is -0.233. The normalized spacial score (nSPS) is 15.5. The lowest BCUT2D eigenvalue weighted by atomic mass is 10.1. The summed E-state index contributed by atoms with van der Waals surface area (Å²) in [5, 5.41) is 8.49. The molecule has 0 spiro atoms. The molecule has 2 rings (SSSR count). The monoisotopic (exact) mass is 345 g/mol. The third-order valence-corrected chi connectivity index (χ3v) is 4.45. The summed E-state index contributed by atoms with van der Waals surface area (Å²) in [5.74, 6) is -0.188. The van der Waals surface area contributed by atoms with Crippen LogP contribution in [0.3, 0.4) is 0 Å². The number of hydrogen-bond donors (Lipinski definition) is 3. The van der Waals surface area contributed by atoms with Gasteiger partial charge in [-0.05, 0) is 44.4 Å². The first-order chi connectivity index (χ1) is 11.8. The lowest BCUT2D eigenvalue weighted by molar-refractivity contribution is -0.121. The van der Waals surface area contributed by atoms with Crippen LogP contribution in [-0.2, 0) is 14.4 Å². The van der Waals surface area contributed by atoms with E-state index in [2.05, 4.69) is 16.0 Å². The second kappa shape index (κ2) is 8.65. The van der Waals surface area contributed by atoms with E-state index in [4.69, 9.17) is 0 Å². The van der Waals surface area contributed by atoms with Crippen LogP contribution in [0, 0.1) is 12.8 Å². The fraction of sp³-hybridized carbons (Fsp3) is 0.526. The van der Waals surface area contributed by atoms with Gasteiger partial charge in [0.25, 0.3) is 0 Å². The van der Waals surface area contributed by atoms with Crippen LogP contribution in [0.4, 0.5) is 11.4 Å². The Hall–Kier alpha value is -2.37. The highest BCUT2D eigenvalue weighted by atomic mass is 16.2. The molecule has 1 unspecified atom stereocenters. The van der Waals surface area contributed by atoms with Gasteiger partial charge in [-0.2, -0.15) is 0 Å². The third-order valence-electron chi connectivity index (χ3n) is 4.45. The molecule has 1 aliphatic rings. The van der Waals surface area contributed by atoms with E-state index in [9.17, 15) is 14.4 Å². The summed E-state index contributed by atoms with van der Waals surface area (Å²) in [7, 11) is 0. The van der Waals surface area contributed by atoms with Crippen molar-refractivity contribution in [2.75, 3.05) is 10.6 Å². The second-order valence-corrected chi connectivity index (χ2v) is 6.85. The van der Waals surface area contributed by atoms with Crippen LogP contribution in [-0.4, -0.2) is 23.8 Å².